The molecule has 158 valence electrons. The number of halogens is 1. The van der Waals surface area contributed by atoms with Crippen LogP contribution in [0.15, 0.2) is 53.7 Å². The number of carbonyl (C=O) groups is 1. The number of amides is 1. The maximum absolute atomic E-state index is 11.8. The van der Waals surface area contributed by atoms with Crippen molar-refractivity contribution < 1.29 is 4.79 Å². The van der Waals surface area contributed by atoms with Crippen molar-refractivity contribution in [1.29, 1.82) is 0 Å². The average molecular weight is 519 g/mol. The number of hydrogen-bond acceptors (Lipinski definition) is 4. The van der Waals surface area contributed by atoms with E-state index in [0.29, 0.717) is 32.0 Å². The van der Waals surface area contributed by atoms with Gasteiger partial charge in [0.15, 0.2) is 17.4 Å². The Morgan fingerprint density at radius 3 is 2.57 bits per heavy atom. The van der Waals surface area contributed by atoms with Crippen LogP contribution < -0.4 is 10.6 Å². The van der Waals surface area contributed by atoms with Gasteiger partial charge < -0.3 is 15.5 Å². The Bertz CT molecular complexity index is 1020. The first kappa shape index (κ1) is 22.0. The molecule has 2 N–H and O–H groups in total. The monoisotopic (exact) mass is 519 g/mol. The molecule has 1 saturated heterocycles. The van der Waals surface area contributed by atoms with Gasteiger partial charge in [0.05, 0.1) is 6.54 Å². The Balaban J connectivity index is 0.00000256. The predicted molar refractivity (Wildman–Crippen MR) is 127 cm³/mol. The fraction of sp³-hybridized carbons (Fsp3) is 0.333. The number of carbonyl (C=O) groups excluding carboxylic acids is 1. The Hall–Kier alpha value is -2.69. The molecule has 0 saturated carbocycles. The minimum atomic E-state index is 0. The van der Waals surface area contributed by atoms with Crippen LogP contribution in [0.5, 0.6) is 0 Å². The molecule has 9 heteroatoms. The molecule has 8 nitrogen and oxygen atoms in total. The molecule has 0 radical (unpaired) electrons. The summed E-state index contributed by atoms with van der Waals surface area (Å²) in [5, 5.41) is 15.0. The van der Waals surface area contributed by atoms with Crippen molar-refractivity contribution in [3.8, 4) is 0 Å². The van der Waals surface area contributed by atoms with E-state index < -0.39 is 0 Å². The zero-order chi connectivity index (χ0) is 20.1. The van der Waals surface area contributed by atoms with Crippen molar-refractivity contribution in [1.82, 2.24) is 30.1 Å². The lowest BCUT2D eigenvalue weighted by Crippen LogP contribution is -2.36. The van der Waals surface area contributed by atoms with Crippen molar-refractivity contribution >= 4 is 41.5 Å². The molecule has 1 aliphatic heterocycles. The van der Waals surface area contributed by atoms with E-state index in [9.17, 15) is 4.79 Å². The number of aromatic nitrogens is 3. The third kappa shape index (κ3) is 5.26. The summed E-state index contributed by atoms with van der Waals surface area (Å²) in [5.74, 6) is 1.78. The van der Waals surface area contributed by atoms with Gasteiger partial charge in [0, 0.05) is 39.3 Å². The van der Waals surface area contributed by atoms with Gasteiger partial charge in [0.2, 0.25) is 5.91 Å². The summed E-state index contributed by atoms with van der Waals surface area (Å²) >= 11 is 0. The highest BCUT2D eigenvalue weighted by Crippen LogP contribution is 2.14. The molecule has 3 heterocycles. The van der Waals surface area contributed by atoms with E-state index in [1.807, 2.05) is 33.7 Å². The lowest BCUT2D eigenvalue weighted by atomic mass is 10.1. The van der Waals surface area contributed by atoms with Crippen LogP contribution in [-0.2, 0) is 24.4 Å². The van der Waals surface area contributed by atoms with Gasteiger partial charge in [-0.3, -0.25) is 14.2 Å². The summed E-state index contributed by atoms with van der Waals surface area (Å²) in [7, 11) is 1.74. The van der Waals surface area contributed by atoms with Crippen LogP contribution in [-0.4, -0.2) is 45.0 Å². The van der Waals surface area contributed by atoms with E-state index in [1.165, 1.54) is 0 Å². The molecular weight excluding hydrogens is 493 g/mol. The first-order chi connectivity index (χ1) is 14.2. The number of likely N-dealkylation sites (tertiary alicyclic amines) is 1. The number of benzene rings is 1. The second kappa shape index (κ2) is 10.4. The van der Waals surface area contributed by atoms with Crippen molar-refractivity contribution in [3.05, 3.63) is 65.6 Å². The molecule has 4 rings (SSSR count). The van der Waals surface area contributed by atoms with Crippen LogP contribution >= 0.6 is 24.0 Å². The Morgan fingerprint density at radius 2 is 1.83 bits per heavy atom. The van der Waals surface area contributed by atoms with Gasteiger partial charge in [-0.1, -0.05) is 30.3 Å². The second-order valence-electron chi connectivity index (χ2n) is 7.06. The molecule has 0 spiro atoms. The van der Waals surface area contributed by atoms with Crippen molar-refractivity contribution in [2.75, 3.05) is 13.6 Å². The smallest absolute Gasteiger partial charge is 0.222 e. The summed E-state index contributed by atoms with van der Waals surface area (Å²) in [6.07, 6.45) is 3.59. The zero-order valence-electron chi connectivity index (χ0n) is 16.9. The lowest BCUT2D eigenvalue weighted by molar-refractivity contribution is -0.128. The number of aliphatic imine (C=N–C) groups is 1. The fourth-order valence-electron chi connectivity index (χ4n) is 3.43. The number of hydrogen-bond donors (Lipinski definition) is 2. The number of rotatable bonds is 6. The van der Waals surface area contributed by atoms with E-state index in [2.05, 4.69) is 50.1 Å². The quantitative estimate of drug-likeness (QED) is 0.297. The van der Waals surface area contributed by atoms with Crippen LogP contribution in [0.25, 0.3) is 5.65 Å². The topological polar surface area (TPSA) is 86.9 Å². The molecule has 30 heavy (non-hydrogen) atoms. The number of nitrogens with zero attached hydrogens (tertiary/aromatic N) is 5. The van der Waals surface area contributed by atoms with Gasteiger partial charge in [-0.15, -0.1) is 34.2 Å². The molecule has 0 bridgehead atoms. The van der Waals surface area contributed by atoms with E-state index in [-0.39, 0.29) is 29.9 Å². The second-order valence-corrected chi connectivity index (χ2v) is 7.06. The van der Waals surface area contributed by atoms with E-state index in [1.54, 1.807) is 7.05 Å². The minimum absolute atomic E-state index is 0. The van der Waals surface area contributed by atoms with Gasteiger partial charge in [-0.2, -0.15) is 0 Å². The SMILES string of the molecule is CN=C(NCc1ccc(CN2CCCC2=O)cc1)NCc1nnc2ccccn12.I. The third-order valence-corrected chi connectivity index (χ3v) is 5.05. The van der Waals surface area contributed by atoms with Crippen molar-refractivity contribution in [2.45, 2.75) is 32.5 Å². The highest BCUT2D eigenvalue weighted by atomic mass is 127. The fourth-order valence-corrected chi connectivity index (χ4v) is 3.43. The molecule has 1 amide bonds. The zero-order valence-corrected chi connectivity index (χ0v) is 19.2. The van der Waals surface area contributed by atoms with Crippen LogP contribution in [0.1, 0.15) is 29.8 Å². The number of guanidine groups is 1. The Labute approximate surface area is 192 Å². The highest BCUT2D eigenvalue weighted by molar-refractivity contribution is 14.0. The van der Waals surface area contributed by atoms with Gasteiger partial charge >= 0.3 is 0 Å². The summed E-state index contributed by atoms with van der Waals surface area (Å²) in [5.41, 5.74) is 3.13. The van der Waals surface area contributed by atoms with Gasteiger partial charge in [0.1, 0.15) is 0 Å². The first-order valence-electron chi connectivity index (χ1n) is 9.81. The molecule has 0 aliphatic carbocycles. The van der Waals surface area contributed by atoms with E-state index in [4.69, 9.17) is 0 Å². The number of pyridine rings is 1. The summed E-state index contributed by atoms with van der Waals surface area (Å²) in [6, 6.07) is 14.2. The number of nitrogens with one attached hydrogen (secondary N) is 2. The summed E-state index contributed by atoms with van der Waals surface area (Å²) in [4.78, 5) is 18.0. The van der Waals surface area contributed by atoms with Crippen LogP contribution in [0.2, 0.25) is 0 Å². The molecule has 0 unspecified atom stereocenters. The molecule has 1 aliphatic rings. The lowest BCUT2D eigenvalue weighted by Gasteiger charge is -2.16. The third-order valence-electron chi connectivity index (χ3n) is 5.05. The standard InChI is InChI=1S/C21H25N7O.HI/c1-22-21(24-14-19-26-25-18-5-2-3-12-28(18)19)23-13-16-7-9-17(10-8-16)15-27-11-4-6-20(27)29;/h2-3,5,7-10,12H,4,6,11,13-15H2,1H3,(H2,22,23,24);1H. The largest absolute Gasteiger partial charge is 0.352 e. The normalized spacial score (nSPS) is 14.1. The Kier molecular flexibility index (Phi) is 7.61. The molecule has 2 aromatic heterocycles. The van der Waals surface area contributed by atoms with Crippen LogP contribution in [0.3, 0.4) is 0 Å². The average Bonchev–Trinajstić information content (AvgIpc) is 3.35. The summed E-state index contributed by atoms with van der Waals surface area (Å²) in [6.45, 7) is 2.74. The molecule has 1 aromatic carbocycles. The highest BCUT2D eigenvalue weighted by Gasteiger charge is 2.19. The molecule has 1 fully saturated rings. The number of fused-ring (bicyclic) bond motifs is 1. The predicted octanol–water partition coefficient (Wildman–Crippen LogP) is 2.33. The van der Waals surface area contributed by atoms with Crippen LogP contribution in [0, 0.1) is 0 Å². The van der Waals surface area contributed by atoms with Gasteiger partial charge in [-0.05, 0) is 29.7 Å². The van der Waals surface area contributed by atoms with Crippen molar-refractivity contribution in [3.63, 3.8) is 0 Å². The molecule has 0 atom stereocenters. The molecular formula is C21H26IN7O. The maximum Gasteiger partial charge on any atom is 0.222 e. The maximum atomic E-state index is 11.8. The van der Waals surface area contributed by atoms with E-state index in [0.717, 1.165) is 35.6 Å². The van der Waals surface area contributed by atoms with Gasteiger partial charge in [-0.25, -0.2) is 0 Å². The van der Waals surface area contributed by atoms with E-state index >= 15 is 0 Å². The summed E-state index contributed by atoms with van der Waals surface area (Å²) < 4.78 is 1.95. The van der Waals surface area contributed by atoms with Gasteiger partial charge in [0.25, 0.3) is 0 Å². The van der Waals surface area contributed by atoms with Crippen LogP contribution in [0.4, 0.5) is 0 Å². The van der Waals surface area contributed by atoms with Crippen molar-refractivity contribution in [2.24, 2.45) is 4.99 Å². The molecule has 3 aromatic rings. The minimum Gasteiger partial charge on any atom is -0.352 e. The Morgan fingerprint density at radius 1 is 1.07 bits per heavy atom. The first-order valence-corrected chi connectivity index (χ1v) is 9.81.